The molecule has 19 heavy (non-hydrogen) atoms. The largest absolute Gasteiger partial charge is 0.428 e. The number of aromatic nitrogens is 3. The summed E-state index contributed by atoms with van der Waals surface area (Å²) in [6, 6.07) is 1.69. The van der Waals surface area contributed by atoms with E-state index in [4.69, 9.17) is 16.3 Å². The maximum absolute atomic E-state index is 5.83. The van der Waals surface area contributed by atoms with Crippen LogP contribution in [0.3, 0.4) is 0 Å². The predicted octanol–water partition coefficient (Wildman–Crippen LogP) is 3.12. The van der Waals surface area contributed by atoms with Crippen molar-refractivity contribution in [1.82, 2.24) is 20.5 Å². The Balaban J connectivity index is 1.90. The van der Waals surface area contributed by atoms with Crippen molar-refractivity contribution in [3.05, 3.63) is 28.5 Å². The van der Waals surface area contributed by atoms with Gasteiger partial charge in [0.2, 0.25) is 0 Å². The standard InChI is InChI=1S/C12H15ClN4OS/c1-8(2)4-14-7-11-16-17-12(19-11)18-10-3-9(13)5-15-6-10/h3,5-6,8,14H,4,7H2,1-2H3. The molecule has 0 saturated heterocycles. The Hall–Kier alpha value is -1.24. The van der Waals surface area contributed by atoms with Gasteiger partial charge in [0.05, 0.1) is 11.2 Å². The fraction of sp³-hybridized carbons (Fsp3) is 0.417. The Morgan fingerprint density at radius 1 is 1.37 bits per heavy atom. The van der Waals surface area contributed by atoms with Crippen LogP contribution in [-0.2, 0) is 6.54 Å². The number of ether oxygens (including phenoxy) is 1. The van der Waals surface area contributed by atoms with Crippen LogP contribution in [0.5, 0.6) is 10.9 Å². The van der Waals surface area contributed by atoms with Crippen LogP contribution in [0.4, 0.5) is 0 Å². The lowest BCUT2D eigenvalue weighted by atomic mass is 10.2. The van der Waals surface area contributed by atoms with E-state index in [0.29, 0.717) is 28.4 Å². The third-order valence-corrected chi connectivity index (χ3v) is 3.17. The fourth-order valence-corrected chi connectivity index (χ4v) is 2.21. The first-order valence-corrected chi connectivity index (χ1v) is 7.14. The number of hydrogen-bond acceptors (Lipinski definition) is 6. The van der Waals surface area contributed by atoms with Gasteiger partial charge in [0.25, 0.3) is 5.19 Å². The number of nitrogens with zero attached hydrogens (tertiary/aromatic N) is 3. The molecule has 0 aliphatic carbocycles. The molecule has 0 spiro atoms. The highest BCUT2D eigenvalue weighted by atomic mass is 35.5. The van der Waals surface area contributed by atoms with Gasteiger partial charge in [0.15, 0.2) is 0 Å². The zero-order valence-electron chi connectivity index (χ0n) is 10.8. The maximum Gasteiger partial charge on any atom is 0.299 e. The number of pyridine rings is 1. The van der Waals surface area contributed by atoms with Crippen LogP contribution in [0.1, 0.15) is 18.9 Å². The van der Waals surface area contributed by atoms with E-state index in [0.717, 1.165) is 11.6 Å². The molecule has 0 aliphatic rings. The average Bonchev–Trinajstić information content (AvgIpc) is 2.76. The smallest absolute Gasteiger partial charge is 0.299 e. The molecule has 0 atom stereocenters. The molecule has 0 saturated carbocycles. The Morgan fingerprint density at radius 2 is 2.21 bits per heavy atom. The summed E-state index contributed by atoms with van der Waals surface area (Å²) >= 11 is 7.24. The van der Waals surface area contributed by atoms with Gasteiger partial charge in [-0.3, -0.25) is 4.98 Å². The summed E-state index contributed by atoms with van der Waals surface area (Å²) in [5.74, 6) is 1.17. The van der Waals surface area contributed by atoms with E-state index < -0.39 is 0 Å². The Bertz CT molecular complexity index is 532. The molecule has 2 aromatic rings. The summed E-state index contributed by atoms with van der Waals surface area (Å²) in [5.41, 5.74) is 0. The van der Waals surface area contributed by atoms with Gasteiger partial charge in [0.1, 0.15) is 10.8 Å². The quantitative estimate of drug-likeness (QED) is 0.888. The van der Waals surface area contributed by atoms with Crippen molar-refractivity contribution < 1.29 is 4.74 Å². The van der Waals surface area contributed by atoms with Gasteiger partial charge < -0.3 is 10.1 Å². The third-order valence-electron chi connectivity index (χ3n) is 2.16. The van der Waals surface area contributed by atoms with Crippen molar-refractivity contribution >= 4 is 22.9 Å². The first-order valence-electron chi connectivity index (χ1n) is 5.95. The SMILES string of the molecule is CC(C)CNCc1nnc(Oc2cncc(Cl)c2)s1. The number of rotatable bonds is 6. The van der Waals surface area contributed by atoms with Crippen LogP contribution >= 0.6 is 22.9 Å². The molecule has 0 bridgehead atoms. The van der Waals surface area contributed by atoms with Crippen molar-refractivity contribution in [3.63, 3.8) is 0 Å². The van der Waals surface area contributed by atoms with Crippen LogP contribution in [0.15, 0.2) is 18.5 Å². The Morgan fingerprint density at radius 3 is 2.95 bits per heavy atom. The van der Waals surface area contributed by atoms with Crippen molar-refractivity contribution in [1.29, 1.82) is 0 Å². The highest BCUT2D eigenvalue weighted by molar-refractivity contribution is 7.13. The summed E-state index contributed by atoms with van der Waals surface area (Å²) in [4.78, 5) is 3.94. The second-order valence-corrected chi connectivity index (χ2v) is 5.89. The van der Waals surface area contributed by atoms with E-state index in [1.807, 2.05) is 0 Å². The average molecular weight is 299 g/mol. The second-order valence-electron chi connectivity index (χ2n) is 4.43. The first kappa shape index (κ1) is 14.2. The number of hydrogen-bond donors (Lipinski definition) is 1. The molecule has 2 rings (SSSR count). The highest BCUT2D eigenvalue weighted by Gasteiger charge is 2.07. The van der Waals surface area contributed by atoms with Crippen molar-refractivity contribution in [2.45, 2.75) is 20.4 Å². The summed E-state index contributed by atoms with van der Waals surface area (Å²) < 4.78 is 5.54. The van der Waals surface area contributed by atoms with Crippen molar-refractivity contribution in [2.24, 2.45) is 5.92 Å². The van der Waals surface area contributed by atoms with Crippen LogP contribution < -0.4 is 10.1 Å². The lowest BCUT2D eigenvalue weighted by molar-refractivity contribution is 0.470. The van der Waals surface area contributed by atoms with Gasteiger partial charge in [-0.25, -0.2) is 0 Å². The molecule has 1 N–H and O–H groups in total. The summed E-state index contributed by atoms with van der Waals surface area (Å²) in [6.07, 6.45) is 3.14. The van der Waals surface area contributed by atoms with E-state index in [1.54, 1.807) is 18.5 Å². The van der Waals surface area contributed by atoms with Crippen molar-refractivity contribution in [3.8, 4) is 10.9 Å². The zero-order chi connectivity index (χ0) is 13.7. The molecule has 2 heterocycles. The van der Waals surface area contributed by atoms with Gasteiger partial charge in [0, 0.05) is 18.8 Å². The lowest BCUT2D eigenvalue weighted by Gasteiger charge is -2.04. The molecule has 5 nitrogen and oxygen atoms in total. The van der Waals surface area contributed by atoms with Crippen molar-refractivity contribution in [2.75, 3.05) is 6.54 Å². The molecular formula is C12H15ClN4OS. The molecule has 0 aromatic carbocycles. The summed E-state index contributed by atoms with van der Waals surface area (Å²) in [7, 11) is 0. The lowest BCUT2D eigenvalue weighted by Crippen LogP contribution is -2.18. The maximum atomic E-state index is 5.83. The third kappa shape index (κ3) is 4.74. The molecule has 0 unspecified atom stereocenters. The van der Waals surface area contributed by atoms with Gasteiger partial charge in [-0.1, -0.05) is 41.9 Å². The molecule has 7 heteroatoms. The van der Waals surface area contributed by atoms with Crippen LogP contribution in [-0.4, -0.2) is 21.7 Å². The molecular weight excluding hydrogens is 284 g/mol. The van der Waals surface area contributed by atoms with E-state index >= 15 is 0 Å². The van der Waals surface area contributed by atoms with E-state index in [2.05, 4.69) is 34.3 Å². The minimum Gasteiger partial charge on any atom is -0.428 e. The fourth-order valence-electron chi connectivity index (χ4n) is 1.37. The van der Waals surface area contributed by atoms with Crippen LogP contribution in [0, 0.1) is 5.92 Å². The highest BCUT2D eigenvalue weighted by Crippen LogP contribution is 2.25. The summed E-state index contributed by atoms with van der Waals surface area (Å²) in [5, 5.41) is 13.3. The molecule has 0 aliphatic heterocycles. The van der Waals surface area contributed by atoms with Crippen LogP contribution in [0.25, 0.3) is 0 Å². The molecule has 102 valence electrons. The van der Waals surface area contributed by atoms with E-state index in [9.17, 15) is 0 Å². The van der Waals surface area contributed by atoms with Crippen LogP contribution in [0.2, 0.25) is 5.02 Å². The molecule has 0 fully saturated rings. The topological polar surface area (TPSA) is 59.9 Å². The number of nitrogens with one attached hydrogen (secondary N) is 1. The zero-order valence-corrected chi connectivity index (χ0v) is 12.3. The Kier molecular flexibility index (Phi) is 5.07. The molecule has 0 radical (unpaired) electrons. The normalized spacial score (nSPS) is 10.9. The number of halogens is 1. The second kappa shape index (κ2) is 6.79. The minimum absolute atomic E-state index is 0.491. The van der Waals surface area contributed by atoms with E-state index in [1.165, 1.54) is 11.3 Å². The van der Waals surface area contributed by atoms with Gasteiger partial charge in [-0.2, -0.15) is 0 Å². The van der Waals surface area contributed by atoms with Gasteiger partial charge in [-0.15, -0.1) is 5.10 Å². The Labute approximate surface area is 121 Å². The minimum atomic E-state index is 0.491. The van der Waals surface area contributed by atoms with Gasteiger partial charge in [-0.05, 0) is 12.5 Å². The predicted molar refractivity (Wildman–Crippen MR) is 75.8 cm³/mol. The molecule has 0 amide bonds. The monoisotopic (exact) mass is 298 g/mol. The molecule has 2 aromatic heterocycles. The van der Waals surface area contributed by atoms with Gasteiger partial charge >= 0.3 is 0 Å². The van der Waals surface area contributed by atoms with E-state index in [-0.39, 0.29) is 0 Å². The summed E-state index contributed by atoms with van der Waals surface area (Å²) in [6.45, 7) is 5.97. The first-order chi connectivity index (χ1) is 9.13.